The van der Waals surface area contributed by atoms with Crippen LogP contribution in [-0.2, 0) is 9.53 Å². The fraction of sp³-hybridized carbons (Fsp3) is 0.464. The van der Waals surface area contributed by atoms with Gasteiger partial charge >= 0.3 is 0 Å². The molecular formula is C28H41NO2. The quantitative estimate of drug-likeness (QED) is 0.198. The van der Waals surface area contributed by atoms with Gasteiger partial charge in [-0.3, -0.25) is 4.79 Å². The van der Waals surface area contributed by atoms with Crippen LogP contribution in [0.3, 0.4) is 0 Å². The van der Waals surface area contributed by atoms with Crippen molar-refractivity contribution in [1.82, 2.24) is 0 Å². The molecule has 1 aromatic carbocycles. The zero-order valence-corrected chi connectivity index (χ0v) is 19.3. The molecule has 0 spiro atoms. The van der Waals surface area contributed by atoms with Crippen molar-refractivity contribution >= 4 is 5.91 Å². The number of carbonyl (C=O) groups excluding carboxylic acids is 1. The van der Waals surface area contributed by atoms with Crippen LogP contribution < -0.4 is 5.73 Å². The summed E-state index contributed by atoms with van der Waals surface area (Å²) >= 11 is 0. The smallest absolute Gasteiger partial charge is 0.217 e. The largest absolute Gasteiger partial charge is 0.377 e. The van der Waals surface area contributed by atoms with Crippen LogP contribution >= 0.6 is 0 Å². The second-order valence-electron chi connectivity index (χ2n) is 7.72. The van der Waals surface area contributed by atoms with Crippen molar-refractivity contribution in [3.8, 4) is 0 Å². The minimum atomic E-state index is -0.218. The molecule has 0 aliphatic carbocycles. The highest BCUT2D eigenvalue weighted by Crippen LogP contribution is 2.23. The van der Waals surface area contributed by atoms with E-state index in [0.29, 0.717) is 6.42 Å². The highest BCUT2D eigenvalue weighted by atomic mass is 16.5. The highest BCUT2D eigenvalue weighted by molar-refractivity contribution is 5.73. The number of ether oxygens (including phenoxy) is 1. The molecule has 3 nitrogen and oxygen atoms in total. The van der Waals surface area contributed by atoms with Crippen LogP contribution in [-0.4, -0.2) is 13.0 Å². The van der Waals surface area contributed by atoms with Crippen LogP contribution in [0.1, 0.15) is 82.3 Å². The van der Waals surface area contributed by atoms with Gasteiger partial charge in [-0.05, 0) is 56.9 Å². The number of hydrogen-bond donors (Lipinski definition) is 1. The molecule has 0 aliphatic rings. The predicted octanol–water partition coefficient (Wildman–Crippen LogP) is 7.38. The monoisotopic (exact) mass is 423 g/mol. The maximum atomic E-state index is 10.6. The van der Waals surface area contributed by atoms with Gasteiger partial charge in [0.05, 0.1) is 6.10 Å². The van der Waals surface area contributed by atoms with Gasteiger partial charge in [0.1, 0.15) is 0 Å². The lowest BCUT2D eigenvalue weighted by Gasteiger charge is -2.15. The highest BCUT2D eigenvalue weighted by Gasteiger charge is 2.08. The first-order chi connectivity index (χ1) is 15.2. The molecule has 0 bridgehead atoms. The Kier molecular flexibility index (Phi) is 16.8. The third-order valence-electron chi connectivity index (χ3n) is 5.07. The van der Waals surface area contributed by atoms with Crippen LogP contribution in [0.15, 0.2) is 78.9 Å². The van der Waals surface area contributed by atoms with Crippen molar-refractivity contribution in [3.05, 3.63) is 84.5 Å². The van der Waals surface area contributed by atoms with Gasteiger partial charge in [0.25, 0.3) is 0 Å². The molecule has 1 rings (SSSR count). The Morgan fingerprint density at radius 1 is 0.806 bits per heavy atom. The maximum absolute atomic E-state index is 10.6. The van der Waals surface area contributed by atoms with E-state index in [2.05, 4.69) is 72.9 Å². The van der Waals surface area contributed by atoms with Gasteiger partial charge in [0.2, 0.25) is 5.91 Å². The van der Waals surface area contributed by atoms with Crippen LogP contribution in [0.25, 0.3) is 0 Å². The van der Waals surface area contributed by atoms with Gasteiger partial charge in [0.15, 0.2) is 0 Å². The van der Waals surface area contributed by atoms with E-state index < -0.39 is 0 Å². The fourth-order valence-corrected chi connectivity index (χ4v) is 3.30. The molecule has 0 aliphatic heterocycles. The maximum Gasteiger partial charge on any atom is 0.217 e. The molecule has 0 aromatic heterocycles. The van der Waals surface area contributed by atoms with Crippen molar-refractivity contribution in [2.45, 2.75) is 76.7 Å². The van der Waals surface area contributed by atoms with Gasteiger partial charge in [-0.15, -0.1) is 0 Å². The minimum absolute atomic E-state index is 0.218. The summed E-state index contributed by atoms with van der Waals surface area (Å²) in [5, 5.41) is 0. The topological polar surface area (TPSA) is 52.3 Å². The standard InChI is InChI=1S/C28H41NO2/c1-31-27(26-22-18-17-19-23-26)24-20-15-13-11-9-7-5-3-2-4-6-8-10-12-14-16-21-25-28(29)30/h2-3,6-9,12,14,17-19,22-23,27H,4-5,10-11,13,15-16,20-21,24-25H2,1H3,(H2,29,30)/b3-2-,8-6-,9-7-,14-12-. The molecular weight excluding hydrogens is 382 g/mol. The second kappa shape index (κ2) is 19.6. The molecule has 1 unspecified atom stereocenters. The van der Waals surface area contributed by atoms with E-state index in [1.807, 2.05) is 6.07 Å². The number of methoxy groups -OCH3 is 1. The van der Waals surface area contributed by atoms with Gasteiger partial charge in [-0.1, -0.05) is 91.8 Å². The fourth-order valence-electron chi connectivity index (χ4n) is 3.30. The summed E-state index contributed by atoms with van der Waals surface area (Å²) in [5.74, 6) is -0.218. The normalized spacial score (nSPS) is 13.2. The Balaban J connectivity index is 1.96. The Labute approximate surface area is 189 Å². The van der Waals surface area contributed by atoms with E-state index in [9.17, 15) is 4.79 Å². The third kappa shape index (κ3) is 16.0. The molecule has 1 amide bonds. The molecule has 0 saturated heterocycles. The number of unbranched alkanes of at least 4 members (excludes halogenated alkanes) is 4. The number of nitrogens with two attached hydrogens (primary N) is 1. The van der Waals surface area contributed by atoms with Crippen molar-refractivity contribution < 1.29 is 9.53 Å². The van der Waals surface area contributed by atoms with Gasteiger partial charge in [0, 0.05) is 13.5 Å². The summed E-state index contributed by atoms with van der Waals surface area (Å²) in [6.45, 7) is 0. The van der Waals surface area contributed by atoms with E-state index in [-0.39, 0.29) is 12.0 Å². The van der Waals surface area contributed by atoms with Crippen LogP contribution in [0.5, 0.6) is 0 Å². The van der Waals surface area contributed by atoms with E-state index in [1.54, 1.807) is 7.11 Å². The predicted molar refractivity (Wildman–Crippen MR) is 133 cm³/mol. The van der Waals surface area contributed by atoms with Crippen LogP contribution in [0.4, 0.5) is 0 Å². The van der Waals surface area contributed by atoms with Crippen LogP contribution in [0.2, 0.25) is 0 Å². The SMILES string of the molecule is COC(CCCCC/C=C\C/C=C\C/C=C\C/C=C\CCCC(N)=O)c1ccccc1. The first kappa shape index (κ1) is 26.6. The average Bonchev–Trinajstić information content (AvgIpc) is 2.78. The third-order valence-corrected chi connectivity index (χ3v) is 5.07. The molecule has 31 heavy (non-hydrogen) atoms. The number of amides is 1. The van der Waals surface area contributed by atoms with Crippen molar-refractivity contribution in [2.75, 3.05) is 7.11 Å². The van der Waals surface area contributed by atoms with Crippen molar-refractivity contribution in [2.24, 2.45) is 5.73 Å². The molecule has 1 aromatic rings. The van der Waals surface area contributed by atoms with E-state index in [4.69, 9.17) is 10.5 Å². The van der Waals surface area contributed by atoms with Gasteiger partial charge in [-0.25, -0.2) is 0 Å². The summed E-state index contributed by atoms with van der Waals surface area (Å²) in [5.41, 5.74) is 6.38. The lowest BCUT2D eigenvalue weighted by molar-refractivity contribution is -0.118. The summed E-state index contributed by atoms with van der Waals surface area (Å²) in [7, 11) is 1.80. The van der Waals surface area contributed by atoms with Crippen molar-refractivity contribution in [1.29, 1.82) is 0 Å². The number of allylic oxidation sites excluding steroid dienone is 8. The molecule has 2 N–H and O–H groups in total. The van der Waals surface area contributed by atoms with Gasteiger partial charge in [-0.2, -0.15) is 0 Å². The Morgan fingerprint density at radius 2 is 1.35 bits per heavy atom. The Hall–Kier alpha value is -2.39. The number of benzene rings is 1. The van der Waals surface area contributed by atoms with E-state index >= 15 is 0 Å². The Morgan fingerprint density at radius 3 is 1.90 bits per heavy atom. The summed E-state index contributed by atoms with van der Waals surface area (Å²) in [6, 6.07) is 10.5. The molecule has 0 fully saturated rings. The second-order valence-corrected chi connectivity index (χ2v) is 7.72. The minimum Gasteiger partial charge on any atom is -0.377 e. The molecule has 170 valence electrons. The molecule has 0 saturated carbocycles. The summed E-state index contributed by atoms with van der Waals surface area (Å²) in [4.78, 5) is 10.6. The van der Waals surface area contributed by atoms with E-state index in [0.717, 1.165) is 44.9 Å². The van der Waals surface area contributed by atoms with Gasteiger partial charge < -0.3 is 10.5 Å². The zero-order valence-electron chi connectivity index (χ0n) is 19.3. The molecule has 3 heteroatoms. The number of primary amides is 1. The molecule has 0 heterocycles. The summed E-state index contributed by atoms with van der Waals surface area (Å²) in [6.07, 6.45) is 29.0. The number of carbonyl (C=O) groups is 1. The number of rotatable bonds is 18. The first-order valence-corrected chi connectivity index (χ1v) is 11.7. The van der Waals surface area contributed by atoms with E-state index in [1.165, 1.54) is 24.8 Å². The number of hydrogen-bond acceptors (Lipinski definition) is 2. The first-order valence-electron chi connectivity index (χ1n) is 11.7. The average molecular weight is 424 g/mol. The zero-order chi connectivity index (χ0) is 22.4. The molecule has 1 atom stereocenters. The summed E-state index contributed by atoms with van der Waals surface area (Å²) < 4.78 is 5.63. The lowest BCUT2D eigenvalue weighted by atomic mass is 10.0. The van der Waals surface area contributed by atoms with Crippen molar-refractivity contribution in [3.63, 3.8) is 0 Å². The Bertz CT molecular complexity index is 674. The lowest BCUT2D eigenvalue weighted by Crippen LogP contribution is -2.09. The van der Waals surface area contributed by atoms with Crippen LogP contribution in [0, 0.1) is 0 Å². The molecule has 0 radical (unpaired) electrons.